The maximum absolute atomic E-state index is 10.4. The molecule has 1 aromatic rings. The van der Waals surface area contributed by atoms with Crippen LogP contribution in [0.3, 0.4) is 0 Å². The average Bonchev–Trinajstić information content (AvgIpc) is 2.74. The monoisotopic (exact) mass is 465 g/mol. The molecule has 0 aliphatic carbocycles. The number of aliphatic carboxylic acids is 3. The van der Waals surface area contributed by atoms with Crippen molar-refractivity contribution in [2.45, 2.75) is 50.6 Å². The Hall–Kier alpha value is -2.65. The van der Waals surface area contributed by atoms with Crippen molar-refractivity contribution in [2.24, 2.45) is 17.2 Å². The minimum absolute atomic E-state index is 0.139. The second-order valence-electron chi connectivity index (χ2n) is 6.40. The third kappa shape index (κ3) is 22.0. The first kappa shape index (κ1) is 34.0. The summed E-state index contributed by atoms with van der Waals surface area (Å²) in [5.41, 5.74) is 16.0. The molecule has 186 valence electrons. The van der Waals surface area contributed by atoms with Gasteiger partial charge in [0.2, 0.25) is 0 Å². The van der Waals surface area contributed by atoms with Crippen LogP contribution in [0.2, 0.25) is 0 Å². The molecule has 1 rings (SSSR count). The maximum atomic E-state index is 10.4. The molecule has 13 heteroatoms. The highest BCUT2D eigenvalue weighted by atomic mass is 16.4. The minimum Gasteiger partial charge on any atom is -0.480 e. The van der Waals surface area contributed by atoms with Crippen LogP contribution in [-0.2, 0) is 20.8 Å². The summed E-state index contributed by atoms with van der Waals surface area (Å²) in [4.78, 5) is 29.9. The molecule has 0 fully saturated rings. The first-order chi connectivity index (χ1) is 14.7. The Morgan fingerprint density at radius 3 is 1.38 bits per heavy atom. The number of benzene rings is 1. The number of aliphatic hydroxyl groups is 4. The minimum atomic E-state index is -1.18. The van der Waals surface area contributed by atoms with E-state index < -0.39 is 54.8 Å². The molecule has 4 unspecified atom stereocenters. The van der Waals surface area contributed by atoms with Crippen LogP contribution in [0.25, 0.3) is 0 Å². The number of carbonyl (C=O) groups is 3. The third-order valence-electron chi connectivity index (χ3n) is 3.20. The summed E-state index contributed by atoms with van der Waals surface area (Å²) in [6.07, 6.45) is -1.15. The van der Waals surface area contributed by atoms with E-state index in [-0.39, 0.29) is 6.61 Å². The van der Waals surface area contributed by atoms with Crippen molar-refractivity contribution < 1.29 is 50.1 Å². The molecule has 0 saturated carbocycles. The van der Waals surface area contributed by atoms with Crippen LogP contribution < -0.4 is 17.2 Å². The lowest BCUT2D eigenvalue weighted by Crippen LogP contribution is -2.39. The van der Waals surface area contributed by atoms with Crippen molar-refractivity contribution in [1.29, 1.82) is 0 Å². The van der Waals surface area contributed by atoms with Crippen LogP contribution in [0.15, 0.2) is 30.3 Å². The molecule has 1 aromatic carbocycles. The van der Waals surface area contributed by atoms with E-state index >= 15 is 0 Å². The number of carboxylic acids is 3. The van der Waals surface area contributed by atoms with E-state index in [9.17, 15) is 14.4 Å². The van der Waals surface area contributed by atoms with Crippen molar-refractivity contribution in [1.82, 2.24) is 0 Å². The van der Waals surface area contributed by atoms with Gasteiger partial charge in [0, 0.05) is 0 Å². The van der Waals surface area contributed by atoms with E-state index in [0.29, 0.717) is 6.42 Å². The van der Waals surface area contributed by atoms with E-state index in [1.54, 1.807) is 0 Å². The maximum Gasteiger partial charge on any atom is 0.323 e. The van der Waals surface area contributed by atoms with Crippen molar-refractivity contribution in [3.63, 3.8) is 0 Å². The summed E-state index contributed by atoms with van der Waals surface area (Å²) < 4.78 is 0. The molecule has 5 atom stereocenters. The molecule has 32 heavy (non-hydrogen) atoms. The predicted octanol–water partition coefficient (Wildman–Crippen LogP) is -2.83. The van der Waals surface area contributed by atoms with Crippen LogP contribution in [0.1, 0.15) is 19.4 Å². The van der Waals surface area contributed by atoms with Crippen molar-refractivity contribution in [3.05, 3.63) is 35.9 Å². The Morgan fingerprint density at radius 1 is 0.781 bits per heavy atom. The van der Waals surface area contributed by atoms with E-state index in [4.69, 9.17) is 52.9 Å². The molecule has 13 N–H and O–H groups in total. The summed E-state index contributed by atoms with van der Waals surface area (Å²) in [6, 6.07) is 6.26. The Labute approximate surface area is 185 Å². The van der Waals surface area contributed by atoms with Gasteiger partial charge in [0.1, 0.15) is 18.1 Å². The first-order valence-electron chi connectivity index (χ1n) is 9.28. The van der Waals surface area contributed by atoms with Crippen LogP contribution in [0.4, 0.5) is 0 Å². The molecule has 0 aromatic heterocycles. The summed E-state index contributed by atoms with van der Waals surface area (Å²) in [5.74, 6) is -3.32. The molecular formula is C19H35N3O10. The van der Waals surface area contributed by atoms with Crippen molar-refractivity contribution >= 4 is 17.9 Å². The fraction of sp³-hybridized carbons (Fsp3) is 0.526. The van der Waals surface area contributed by atoms with Crippen LogP contribution >= 0.6 is 0 Å². The second-order valence-corrected chi connectivity index (χ2v) is 6.40. The van der Waals surface area contributed by atoms with Crippen molar-refractivity contribution in [2.75, 3.05) is 13.2 Å². The van der Waals surface area contributed by atoms with E-state index in [1.165, 1.54) is 13.8 Å². The summed E-state index contributed by atoms with van der Waals surface area (Å²) in [7, 11) is 0. The Balaban J connectivity index is -0.000000371. The van der Waals surface area contributed by atoms with Crippen molar-refractivity contribution in [3.8, 4) is 0 Å². The van der Waals surface area contributed by atoms with Gasteiger partial charge in [-0.2, -0.15) is 0 Å². The lowest BCUT2D eigenvalue weighted by molar-refractivity contribution is -0.141. The second kappa shape index (κ2) is 20.3. The first-order valence-corrected chi connectivity index (χ1v) is 9.28. The van der Waals surface area contributed by atoms with E-state index in [1.807, 2.05) is 30.3 Å². The number of rotatable bonds is 8. The van der Waals surface area contributed by atoms with E-state index in [0.717, 1.165) is 5.56 Å². The number of carboxylic acid groups (broad SMARTS) is 3. The smallest absolute Gasteiger partial charge is 0.323 e. The quantitative estimate of drug-likeness (QED) is 0.186. The lowest BCUT2D eigenvalue weighted by Gasteiger charge is -2.06. The zero-order chi connectivity index (χ0) is 25.9. The largest absolute Gasteiger partial charge is 0.480 e. The summed E-state index contributed by atoms with van der Waals surface area (Å²) >= 11 is 0. The van der Waals surface area contributed by atoms with Crippen LogP contribution in [0.5, 0.6) is 0 Å². The molecule has 0 aliphatic rings. The third-order valence-corrected chi connectivity index (χ3v) is 3.20. The summed E-state index contributed by atoms with van der Waals surface area (Å²) in [6.45, 7) is 2.22. The van der Waals surface area contributed by atoms with Gasteiger partial charge in [-0.3, -0.25) is 14.4 Å². The average molecular weight is 466 g/mol. The number of hydrogen-bond acceptors (Lipinski definition) is 10. The zero-order valence-electron chi connectivity index (χ0n) is 18.0. The number of aliphatic hydroxyl groups excluding tert-OH is 4. The highest BCUT2D eigenvalue weighted by molar-refractivity contribution is 5.74. The zero-order valence-corrected chi connectivity index (χ0v) is 18.0. The van der Waals surface area contributed by atoms with Gasteiger partial charge in [-0.1, -0.05) is 30.3 Å². The van der Waals surface area contributed by atoms with Crippen LogP contribution in [-0.4, -0.2) is 97.2 Å². The molecule has 0 spiro atoms. The molecule has 0 saturated heterocycles. The predicted molar refractivity (Wildman–Crippen MR) is 115 cm³/mol. The van der Waals surface area contributed by atoms with Gasteiger partial charge in [0.25, 0.3) is 0 Å². The number of nitrogens with two attached hydrogens (primary N) is 3. The van der Waals surface area contributed by atoms with Gasteiger partial charge in [-0.25, -0.2) is 0 Å². The van der Waals surface area contributed by atoms with Gasteiger partial charge in [0.15, 0.2) is 0 Å². The Kier molecular flexibility index (Phi) is 21.5. The van der Waals surface area contributed by atoms with Gasteiger partial charge in [-0.05, 0) is 25.8 Å². The summed E-state index contributed by atoms with van der Waals surface area (Å²) in [5, 5.41) is 57.0. The fourth-order valence-electron chi connectivity index (χ4n) is 1.24. The Morgan fingerprint density at radius 2 is 1.19 bits per heavy atom. The SMILES string of the molecule is CC(O)C(N)C(=O)O.CC(O)CO.NC(Cc1ccccc1)C(=O)O.N[C@@H](CO)C(=O)O. The molecule has 0 bridgehead atoms. The van der Waals surface area contributed by atoms with Crippen LogP contribution in [0, 0.1) is 0 Å². The highest BCUT2D eigenvalue weighted by Gasteiger charge is 2.16. The molecule has 0 heterocycles. The van der Waals surface area contributed by atoms with Gasteiger partial charge in [0.05, 0.1) is 25.4 Å². The number of hydrogen-bond donors (Lipinski definition) is 10. The standard InChI is InChI=1S/C9H11NO2.C4H9NO3.C3H7NO3.C3H8O2/c10-8(9(11)12)6-7-4-2-1-3-5-7;1-2(6)3(5)4(7)8;4-2(1-5)3(6)7;1-3(5)2-4/h1-5,8H,6,10H2,(H,11,12);2-3,6H,5H2,1H3,(H,7,8);2,5H,1,4H2,(H,6,7);3-5H,2H2,1H3/t;;2-;/m..0./s1. The highest BCUT2D eigenvalue weighted by Crippen LogP contribution is 2.01. The molecule has 0 amide bonds. The van der Waals surface area contributed by atoms with Gasteiger partial charge in [-0.15, -0.1) is 0 Å². The Bertz CT molecular complexity index is 629. The molecule has 0 radical (unpaired) electrons. The van der Waals surface area contributed by atoms with E-state index in [2.05, 4.69) is 0 Å². The topological polar surface area (TPSA) is 271 Å². The lowest BCUT2D eigenvalue weighted by atomic mass is 10.1. The molecule has 13 nitrogen and oxygen atoms in total. The molecular weight excluding hydrogens is 430 g/mol. The molecule has 0 aliphatic heterocycles. The normalized spacial score (nSPS) is 14.3. The van der Waals surface area contributed by atoms with Gasteiger partial charge >= 0.3 is 17.9 Å². The van der Waals surface area contributed by atoms with Gasteiger partial charge < -0.3 is 52.9 Å². The fourth-order valence-corrected chi connectivity index (χ4v) is 1.24.